The molecule has 6 nitrogen and oxygen atoms in total. The van der Waals surface area contributed by atoms with Crippen LogP contribution in [0.4, 0.5) is 10.1 Å². The van der Waals surface area contributed by atoms with E-state index < -0.39 is 5.97 Å². The summed E-state index contributed by atoms with van der Waals surface area (Å²) in [5, 5.41) is 19.8. The highest BCUT2D eigenvalue weighted by Crippen LogP contribution is 2.20. The number of hydrogen-bond donors (Lipinski definition) is 3. The molecule has 0 aliphatic heterocycles. The highest BCUT2D eigenvalue weighted by atomic mass is 19.1. The van der Waals surface area contributed by atoms with E-state index >= 15 is 0 Å². The Morgan fingerprint density at radius 2 is 1.88 bits per heavy atom. The molecular formula is C17H13FN4O2. The molecule has 0 saturated carbocycles. The van der Waals surface area contributed by atoms with Crippen LogP contribution in [-0.4, -0.2) is 27.5 Å². The van der Waals surface area contributed by atoms with Gasteiger partial charge in [0, 0.05) is 11.1 Å². The highest BCUT2D eigenvalue weighted by Gasteiger charge is 2.06. The second-order valence-electron chi connectivity index (χ2n) is 4.96. The SMILES string of the molecule is O=C(O)c1ccc(NN=Cc2cn[nH]c2-c2ccc(F)cc2)cc1. The number of benzene rings is 2. The lowest BCUT2D eigenvalue weighted by Gasteiger charge is -2.01. The number of carbonyl (C=O) groups is 1. The Morgan fingerprint density at radius 1 is 1.17 bits per heavy atom. The highest BCUT2D eigenvalue weighted by molar-refractivity contribution is 5.89. The topological polar surface area (TPSA) is 90.4 Å². The summed E-state index contributed by atoms with van der Waals surface area (Å²) < 4.78 is 13.0. The summed E-state index contributed by atoms with van der Waals surface area (Å²) in [6.07, 6.45) is 3.19. The van der Waals surface area contributed by atoms with Gasteiger partial charge in [0.15, 0.2) is 0 Å². The molecule has 0 spiro atoms. The fourth-order valence-corrected chi connectivity index (χ4v) is 2.10. The van der Waals surface area contributed by atoms with Gasteiger partial charge in [-0.05, 0) is 48.5 Å². The molecule has 0 radical (unpaired) electrons. The van der Waals surface area contributed by atoms with E-state index in [0.29, 0.717) is 5.69 Å². The third kappa shape index (κ3) is 3.46. The van der Waals surface area contributed by atoms with E-state index in [1.165, 1.54) is 24.3 Å². The molecule has 2 aromatic carbocycles. The Labute approximate surface area is 136 Å². The van der Waals surface area contributed by atoms with Crippen molar-refractivity contribution in [3.05, 3.63) is 71.7 Å². The van der Waals surface area contributed by atoms with E-state index in [1.54, 1.807) is 36.7 Å². The Bertz CT molecular complexity index is 870. The van der Waals surface area contributed by atoms with Crippen molar-refractivity contribution in [2.24, 2.45) is 5.10 Å². The van der Waals surface area contributed by atoms with Crippen molar-refractivity contribution in [2.45, 2.75) is 0 Å². The lowest BCUT2D eigenvalue weighted by atomic mass is 10.1. The number of nitrogens with zero attached hydrogens (tertiary/aromatic N) is 2. The van der Waals surface area contributed by atoms with E-state index in [2.05, 4.69) is 20.7 Å². The number of halogens is 1. The van der Waals surface area contributed by atoms with Crippen LogP contribution < -0.4 is 5.43 Å². The number of aromatic amines is 1. The largest absolute Gasteiger partial charge is 0.478 e. The van der Waals surface area contributed by atoms with Crippen LogP contribution in [0.2, 0.25) is 0 Å². The quantitative estimate of drug-likeness (QED) is 0.496. The van der Waals surface area contributed by atoms with Crippen molar-refractivity contribution < 1.29 is 14.3 Å². The van der Waals surface area contributed by atoms with Gasteiger partial charge in [-0.1, -0.05) is 0 Å². The fraction of sp³-hybridized carbons (Fsp3) is 0. The second kappa shape index (κ2) is 6.74. The maximum Gasteiger partial charge on any atom is 0.335 e. The standard InChI is InChI=1S/C17H13FN4O2/c18-14-5-1-11(2-6-14)16-13(10-20-22-16)9-19-21-15-7-3-12(4-8-15)17(23)24/h1-10,21H,(H,20,22)(H,23,24). The molecule has 0 atom stereocenters. The molecule has 0 aliphatic carbocycles. The van der Waals surface area contributed by atoms with Crippen LogP contribution in [0.15, 0.2) is 59.8 Å². The van der Waals surface area contributed by atoms with Gasteiger partial charge in [0.25, 0.3) is 0 Å². The first-order valence-electron chi connectivity index (χ1n) is 7.05. The minimum absolute atomic E-state index is 0.206. The third-order valence-electron chi connectivity index (χ3n) is 3.33. The average Bonchev–Trinajstić information content (AvgIpc) is 3.04. The number of H-pyrrole nitrogens is 1. The Hall–Kier alpha value is -3.48. The van der Waals surface area contributed by atoms with E-state index in [1.807, 2.05) is 0 Å². The van der Waals surface area contributed by atoms with Gasteiger partial charge in [-0.2, -0.15) is 10.2 Å². The number of hydrogen-bond acceptors (Lipinski definition) is 4. The molecule has 0 aliphatic rings. The van der Waals surface area contributed by atoms with Gasteiger partial charge in [0.1, 0.15) is 5.82 Å². The molecule has 0 amide bonds. The molecule has 0 bridgehead atoms. The van der Waals surface area contributed by atoms with Gasteiger partial charge in [-0.25, -0.2) is 9.18 Å². The molecule has 0 fully saturated rings. The maximum absolute atomic E-state index is 13.0. The first-order valence-corrected chi connectivity index (χ1v) is 7.05. The molecule has 3 N–H and O–H groups in total. The summed E-state index contributed by atoms with van der Waals surface area (Å²) in [7, 11) is 0. The molecule has 3 aromatic rings. The van der Waals surface area contributed by atoms with Gasteiger partial charge in [-0.15, -0.1) is 0 Å². The number of nitrogens with one attached hydrogen (secondary N) is 2. The maximum atomic E-state index is 13.0. The number of carboxylic acids is 1. The monoisotopic (exact) mass is 324 g/mol. The molecule has 0 saturated heterocycles. The number of rotatable bonds is 5. The molecule has 3 rings (SSSR count). The van der Waals surface area contributed by atoms with Gasteiger partial charge in [0.2, 0.25) is 0 Å². The molecule has 1 aromatic heterocycles. The average molecular weight is 324 g/mol. The van der Waals surface area contributed by atoms with Crippen LogP contribution in [-0.2, 0) is 0 Å². The summed E-state index contributed by atoms with van der Waals surface area (Å²) in [5.41, 5.74) is 5.92. The van der Waals surface area contributed by atoms with Crippen LogP contribution in [0.5, 0.6) is 0 Å². The zero-order valence-corrected chi connectivity index (χ0v) is 12.4. The van der Waals surface area contributed by atoms with Crippen LogP contribution in [0.3, 0.4) is 0 Å². The van der Waals surface area contributed by atoms with E-state index in [4.69, 9.17) is 5.11 Å². The van der Waals surface area contributed by atoms with Crippen molar-refractivity contribution >= 4 is 17.9 Å². The normalized spacial score (nSPS) is 10.9. The van der Waals surface area contributed by atoms with Crippen molar-refractivity contribution in [3.63, 3.8) is 0 Å². The molecular weight excluding hydrogens is 311 g/mol. The Morgan fingerprint density at radius 3 is 2.54 bits per heavy atom. The van der Waals surface area contributed by atoms with Crippen molar-refractivity contribution in [1.29, 1.82) is 0 Å². The van der Waals surface area contributed by atoms with Crippen LogP contribution in [0.25, 0.3) is 11.3 Å². The molecule has 24 heavy (non-hydrogen) atoms. The second-order valence-corrected chi connectivity index (χ2v) is 4.96. The first-order chi connectivity index (χ1) is 11.6. The first kappa shape index (κ1) is 15.4. The van der Waals surface area contributed by atoms with E-state index in [0.717, 1.165) is 16.8 Å². The zero-order chi connectivity index (χ0) is 16.9. The summed E-state index contributed by atoms with van der Waals surface area (Å²) in [4.78, 5) is 10.8. The summed E-state index contributed by atoms with van der Waals surface area (Å²) in [6.45, 7) is 0. The van der Waals surface area contributed by atoms with Gasteiger partial charge in [-0.3, -0.25) is 10.5 Å². The van der Waals surface area contributed by atoms with Gasteiger partial charge >= 0.3 is 5.97 Å². The molecule has 120 valence electrons. The predicted molar refractivity (Wildman–Crippen MR) is 88.6 cm³/mol. The Balaban J connectivity index is 1.72. The van der Waals surface area contributed by atoms with Gasteiger partial charge in [0.05, 0.1) is 29.4 Å². The molecule has 1 heterocycles. The number of aromatic carboxylic acids is 1. The minimum atomic E-state index is -0.979. The smallest absolute Gasteiger partial charge is 0.335 e. The van der Waals surface area contributed by atoms with Crippen LogP contribution >= 0.6 is 0 Å². The summed E-state index contributed by atoms with van der Waals surface area (Å²) in [6, 6.07) is 12.3. The Kier molecular flexibility index (Phi) is 4.33. The third-order valence-corrected chi connectivity index (χ3v) is 3.33. The predicted octanol–water partition coefficient (Wildman–Crippen LogP) is 3.36. The van der Waals surface area contributed by atoms with Gasteiger partial charge < -0.3 is 5.11 Å². The number of aromatic nitrogens is 2. The number of carboxylic acid groups (broad SMARTS) is 1. The minimum Gasteiger partial charge on any atom is -0.478 e. The van der Waals surface area contributed by atoms with E-state index in [-0.39, 0.29) is 11.4 Å². The van der Waals surface area contributed by atoms with Crippen LogP contribution in [0.1, 0.15) is 15.9 Å². The van der Waals surface area contributed by atoms with Crippen LogP contribution in [0, 0.1) is 5.82 Å². The van der Waals surface area contributed by atoms with E-state index in [9.17, 15) is 9.18 Å². The number of anilines is 1. The zero-order valence-electron chi connectivity index (χ0n) is 12.4. The lowest BCUT2D eigenvalue weighted by Crippen LogP contribution is -1.96. The van der Waals surface area contributed by atoms with Crippen molar-refractivity contribution in [3.8, 4) is 11.3 Å². The summed E-state index contributed by atoms with van der Waals surface area (Å²) in [5.74, 6) is -1.28. The lowest BCUT2D eigenvalue weighted by molar-refractivity contribution is 0.0697. The molecule has 7 heteroatoms. The number of hydrazone groups is 1. The summed E-state index contributed by atoms with van der Waals surface area (Å²) >= 11 is 0. The fourth-order valence-electron chi connectivity index (χ4n) is 2.10. The molecule has 0 unspecified atom stereocenters. The van der Waals surface area contributed by atoms with Crippen molar-refractivity contribution in [2.75, 3.05) is 5.43 Å². The van der Waals surface area contributed by atoms with Crippen molar-refractivity contribution in [1.82, 2.24) is 10.2 Å².